The van der Waals surface area contributed by atoms with Crippen LogP contribution in [-0.2, 0) is 14.4 Å². The number of hydrogen-bond donors (Lipinski definition) is 0. The van der Waals surface area contributed by atoms with Crippen LogP contribution in [0.3, 0.4) is 0 Å². The predicted molar refractivity (Wildman–Crippen MR) is 88.7 cm³/mol. The van der Waals surface area contributed by atoms with Gasteiger partial charge in [-0.3, -0.25) is 14.4 Å². The molecule has 6 nitrogen and oxygen atoms in total. The van der Waals surface area contributed by atoms with Gasteiger partial charge in [-0.15, -0.1) is 0 Å². The normalized spacial score (nSPS) is 17.2. The standard InChI is InChI=1S/C17H14N2O4S/c1-11(20)23-13-7-5-12(6-8-13)19-16(21)10-14(17(19)22)24-15-4-2-3-9-18-15/h2-9,14H,10H2,1H3. The SMILES string of the molecule is CC(=O)Oc1ccc(N2C(=O)CC(Sc3ccccn3)C2=O)cc1. The Labute approximate surface area is 142 Å². The third-order valence-corrected chi connectivity index (χ3v) is 4.50. The zero-order valence-corrected chi connectivity index (χ0v) is 13.7. The van der Waals surface area contributed by atoms with Crippen molar-refractivity contribution in [1.29, 1.82) is 0 Å². The highest BCUT2D eigenvalue weighted by molar-refractivity contribution is 8.00. The van der Waals surface area contributed by atoms with Crippen molar-refractivity contribution in [1.82, 2.24) is 4.98 Å². The van der Waals surface area contributed by atoms with Crippen LogP contribution in [-0.4, -0.2) is 28.0 Å². The van der Waals surface area contributed by atoms with E-state index in [0.29, 0.717) is 16.5 Å². The number of esters is 1. The molecule has 0 N–H and O–H groups in total. The van der Waals surface area contributed by atoms with E-state index >= 15 is 0 Å². The quantitative estimate of drug-likeness (QED) is 0.482. The van der Waals surface area contributed by atoms with Gasteiger partial charge in [0.25, 0.3) is 0 Å². The van der Waals surface area contributed by atoms with Gasteiger partial charge in [0.2, 0.25) is 11.8 Å². The molecule has 1 aromatic carbocycles. The smallest absolute Gasteiger partial charge is 0.308 e. The molecule has 1 aromatic heterocycles. The monoisotopic (exact) mass is 342 g/mol. The number of anilines is 1. The molecule has 0 saturated carbocycles. The summed E-state index contributed by atoms with van der Waals surface area (Å²) in [6.45, 7) is 1.31. The van der Waals surface area contributed by atoms with Crippen LogP contribution in [0, 0.1) is 0 Å². The van der Waals surface area contributed by atoms with Crippen LogP contribution in [0.25, 0.3) is 0 Å². The summed E-state index contributed by atoms with van der Waals surface area (Å²) in [5.41, 5.74) is 0.463. The van der Waals surface area contributed by atoms with E-state index in [-0.39, 0.29) is 18.2 Å². The van der Waals surface area contributed by atoms with Crippen molar-refractivity contribution in [2.45, 2.75) is 23.6 Å². The van der Waals surface area contributed by atoms with Crippen molar-refractivity contribution >= 4 is 35.2 Å². The van der Waals surface area contributed by atoms with Crippen molar-refractivity contribution in [2.24, 2.45) is 0 Å². The first kappa shape index (κ1) is 16.2. The molecule has 1 unspecified atom stereocenters. The van der Waals surface area contributed by atoms with Gasteiger partial charge in [-0.1, -0.05) is 17.8 Å². The van der Waals surface area contributed by atoms with Crippen LogP contribution in [0.5, 0.6) is 5.75 Å². The lowest BCUT2D eigenvalue weighted by atomic mass is 10.3. The number of carbonyl (C=O) groups is 3. The van der Waals surface area contributed by atoms with E-state index in [1.165, 1.54) is 18.7 Å². The van der Waals surface area contributed by atoms with Gasteiger partial charge in [-0.05, 0) is 36.4 Å². The molecule has 122 valence electrons. The molecule has 2 aromatic rings. The first-order chi connectivity index (χ1) is 11.5. The van der Waals surface area contributed by atoms with Gasteiger partial charge in [0.1, 0.15) is 5.75 Å². The number of imide groups is 1. The summed E-state index contributed by atoms with van der Waals surface area (Å²) in [6.07, 6.45) is 1.78. The van der Waals surface area contributed by atoms with Crippen molar-refractivity contribution in [3.8, 4) is 5.75 Å². The minimum Gasteiger partial charge on any atom is -0.427 e. The third-order valence-electron chi connectivity index (χ3n) is 3.36. The predicted octanol–water partition coefficient (Wildman–Crippen LogP) is 2.43. The molecule has 2 amide bonds. The van der Waals surface area contributed by atoms with Gasteiger partial charge in [0, 0.05) is 19.5 Å². The maximum absolute atomic E-state index is 12.6. The summed E-state index contributed by atoms with van der Waals surface area (Å²) in [5.74, 6) is -0.586. The molecule has 3 rings (SSSR count). The van der Waals surface area contributed by atoms with Gasteiger partial charge in [-0.2, -0.15) is 0 Å². The summed E-state index contributed by atoms with van der Waals surface area (Å²) in [5, 5.41) is 0.219. The second-order valence-electron chi connectivity index (χ2n) is 5.13. The van der Waals surface area contributed by atoms with Gasteiger partial charge in [0.05, 0.1) is 16.0 Å². The summed E-state index contributed by atoms with van der Waals surface area (Å²) in [4.78, 5) is 41.1. The fraction of sp³-hybridized carbons (Fsp3) is 0.176. The molecule has 2 heterocycles. The number of thioether (sulfide) groups is 1. The number of ether oxygens (including phenoxy) is 1. The van der Waals surface area contributed by atoms with Crippen LogP contribution in [0.4, 0.5) is 5.69 Å². The maximum Gasteiger partial charge on any atom is 0.308 e. The van der Waals surface area contributed by atoms with E-state index < -0.39 is 11.2 Å². The van der Waals surface area contributed by atoms with Crippen molar-refractivity contribution < 1.29 is 19.1 Å². The molecule has 0 aliphatic carbocycles. The Morgan fingerprint density at radius 3 is 2.58 bits per heavy atom. The topological polar surface area (TPSA) is 76.6 Å². The third kappa shape index (κ3) is 3.46. The average Bonchev–Trinajstić information content (AvgIpc) is 2.83. The van der Waals surface area contributed by atoms with E-state index in [2.05, 4.69) is 4.98 Å². The number of pyridine rings is 1. The summed E-state index contributed by atoms with van der Waals surface area (Å²) < 4.78 is 4.95. The van der Waals surface area contributed by atoms with Gasteiger partial charge < -0.3 is 4.74 Å². The number of carbonyl (C=O) groups excluding carboxylic acids is 3. The Balaban J connectivity index is 1.75. The lowest BCUT2D eigenvalue weighted by molar-refractivity contribution is -0.132. The number of amides is 2. The lowest BCUT2D eigenvalue weighted by Gasteiger charge is -2.15. The molecule has 1 fully saturated rings. The van der Waals surface area contributed by atoms with E-state index in [1.54, 1.807) is 42.6 Å². The molecule has 1 aliphatic rings. The number of hydrogen-bond acceptors (Lipinski definition) is 6. The largest absolute Gasteiger partial charge is 0.427 e. The van der Waals surface area contributed by atoms with Crippen LogP contribution in [0.15, 0.2) is 53.7 Å². The van der Waals surface area contributed by atoms with Crippen molar-refractivity contribution in [3.05, 3.63) is 48.7 Å². The Hall–Kier alpha value is -2.67. The van der Waals surface area contributed by atoms with Gasteiger partial charge in [0.15, 0.2) is 0 Å². The fourth-order valence-electron chi connectivity index (χ4n) is 2.36. The maximum atomic E-state index is 12.6. The first-order valence-electron chi connectivity index (χ1n) is 7.27. The van der Waals surface area contributed by atoms with Crippen LogP contribution < -0.4 is 9.64 Å². The summed E-state index contributed by atoms with van der Waals surface area (Å²) in [6, 6.07) is 11.7. The number of rotatable bonds is 4. The van der Waals surface area contributed by atoms with Crippen LogP contribution in [0.2, 0.25) is 0 Å². The Kier molecular flexibility index (Phi) is 4.61. The summed E-state index contributed by atoms with van der Waals surface area (Å²) in [7, 11) is 0. The Morgan fingerprint density at radius 1 is 1.21 bits per heavy atom. The number of benzene rings is 1. The van der Waals surface area contributed by atoms with E-state index in [1.807, 2.05) is 6.07 Å². The van der Waals surface area contributed by atoms with Crippen molar-refractivity contribution in [3.63, 3.8) is 0 Å². The molecule has 0 bridgehead atoms. The van der Waals surface area contributed by atoms with E-state index in [4.69, 9.17) is 4.74 Å². The molecule has 0 spiro atoms. The zero-order valence-electron chi connectivity index (χ0n) is 12.8. The molecular weight excluding hydrogens is 328 g/mol. The van der Waals surface area contributed by atoms with Gasteiger partial charge in [-0.25, -0.2) is 9.88 Å². The minimum absolute atomic E-state index is 0.131. The highest BCUT2D eigenvalue weighted by atomic mass is 32.2. The Bertz CT molecular complexity index is 777. The van der Waals surface area contributed by atoms with Gasteiger partial charge >= 0.3 is 5.97 Å². The zero-order chi connectivity index (χ0) is 17.1. The fourth-order valence-corrected chi connectivity index (χ4v) is 3.36. The van der Waals surface area contributed by atoms with Crippen LogP contribution in [0.1, 0.15) is 13.3 Å². The molecule has 24 heavy (non-hydrogen) atoms. The Morgan fingerprint density at radius 2 is 1.96 bits per heavy atom. The highest BCUT2D eigenvalue weighted by Crippen LogP contribution is 2.33. The average molecular weight is 342 g/mol. The molecular formula is C17H14N2O4S. The first-order valence-corrected chi connectivity index (χ1v) is 8.15. The second-order valence-corrected chi connectivity index (χ2v) is 6.36. The van der Waals surface area contributed by atoms with E-state index in [9.17, 15) is 14.4 Å². The van der Waals surface area contributed by atoms with Crippen LogP contribution >= 0.6 is 11.8 Å². The molecule has 1 saturated heterocycles. The number of nitrogens with zero attached hydrogens (tertiary/aromatic N) is 2. The highest BCUT2D eigenvalue weighted by Gasteiger charge is 2.40. The minimum atomic E-state index is -0.486. The molecule has 1 atom stereocenters. The number of aromatic nitrogens is 1. The lowest BCUT2D eigenvalue weighted by Crippen LogP contribution is -2.31. The molecule has 1 aliphatic heterocycles. The molecule has 0 radical (unpaired) electrons. The van der Waals surface area contributed by atoms with E-state index in [0.717, 1.165) is 4.90 Å². The molecule has 7 heteroatoms. The second kappa shape index (κ2) is 6.84. The van der Waals surface area contributed by atoms with Crippen molar-refractivity contribution in [2.75, 3.05) is 4.90 Å². The summed E-state index contributed by atoms with van der Waals surface area (Å²) >= 11 is 1.28.